The molecule has 0 radical (unpaired) electrons. The van der Waals surface area contributed by atoms with Crippen LogP contribution >= 0.6 is 11.8 Å². The van der Waals surface area contributed by atoms with E-state index in [9.17, 15) is 4.79 Å². The summed E-state index contributed by atoms with van der Waals surface area (Å²) >= 11 is 1.28. The van der Waals surface area contributed by atoms with Gasteiger partial charge in [0, 0.05) is 0 Å². The van der Waals surface area contributed by atoms with Gasteiger partial charge in [0.2, 0.25) is 0 Å². The molecule has 1 heterocycles. The molecular weight excluding hydrogens is 214 g/mol. The molecule has 1 aromatic rings. The van der Waals surface area contributed by atoms with E-state index < -0.39 is 5.97 Å². The van der Waals surface area contributed by atoms with E-state index in [1.807, 2.05) is 20.8 Å². The van der Waals surface area contributed by atoms with Crippen LogP contribution < -0.4 is 5.73 Å². The van der Waals surface area contributed by atoms with Crippen LogP contribution in [0, 0.1) is 0 Å². The number of carbonyl (C=O) groups is 1. The van der Waals surface area contributed by atoms with Crippen molar-refractivity contribution < 1.29 is 9.90 Å². The summed E-state index contributed by atoms with van der Waals surface area (Å²) in [5.74, 6) is -0.827. The number of carboxylic acids is 1. The quantitative estimate of drug-likeness (QED) is 0.753. The SMILES string of the molecule is CSc1nn(C(C)(C)C)c(N)c1C(=O)O. The maximum Gasteiger partial charge on any atom is 0.342 e. The van der Waals surface area contributed by atoms with E-state index in [1.54, 1.807) is 10.9 Å². The molecule has 0 saturated carbocycles. The number of nitrogens with zero attached hydrogens (tertiary/aromatic N) is 2. The van der Waals surface area contributed by atoms with Gasteiger partial charge in [-0.1, -0.05) is 0 Å². The second-order valence-electron chi connectivity index (χ2n) is 4.16. The van der Waals surface area contributed by atoms with E-state index in [0.717, 1.165) is 0 Å². The van der Waals surface area contributed by atoms with Crippen LogP contribution in [0.5, 0.6) is 0 Å². The minimum Gasteiger partial charge on any atom is -0.477 e. The molecule has 0 aliphatic carbocycles. The first-order valence-electron chi connectivity index (χ1n) is 4.45. The highest BCUT2D eigenvalue weighted by atomic mass is 32.2. The average molecular weight is 229 g/mol. The number of hydrogen-bond donors (Lipinski definition) is 2. The third kappa shape index (κ3) is 2.09. The van der Waals surface area contributed by atoms with E-state index in [4.69, 9.17) is 10.8 Å². The lowest BCUT2D eigenvalue weighted by atomic mass is 10.1. The summed E-state index contributed by atoms with van der Waals surface area (Å²) in [5.41, 5.74) is 5.55. The van der Waals surface area contributed by atoms with Gasteiger partial charge in [0.05, 0.1) is 5.54 Å². The Morgan fingerprint density at radius 2 is 2.07 bits per heavy atom. The van der Waals surface area contributed by atoms with Crippen molar-refractivity contribution in [3.8, 4) is 0 Å². The van der Waals surface area contributed by atoms with Crippen molar-refractivity contribution in [1.82, 2.24) is 9.78 Å². The summed E-state index contributed by atoms with van der Waals surface area (Å²) < 4.78 is 1.54. The average Bonchev–Trinajstić information content (AvgIpc) is 2.41. The van der Waals surface area contributed by atoms with Crippen LogP contribution in [0.25, 0.3) is 0 Å². The van der Waals surface area contributed by atoms with Crippen LogP contribution in [0.15, 0.2) is 5.03 Å². The number of anilines is 1. The van der Waals surface area contributed by atoms with E-state index in [1.165, 1.54) is 11.8 Å². The maximum atomic E-state index is 11.0. The van der Waals surface area contributed by atoms with Crippen molar-refractivity contribution >= 4 is 23.5 Å². The zero-order valence-corrected chi connectivity index (χ0v) is 10.1. The molecule has 5 nitrogen and oxygen atoms in total. The molecule has 0 spiro atoms. The normalized spacial score (nSPS) is 11.7. The lowest BCUT2D eigenvalue weighted by Gasteiger charge is -2.20. The molecule has 0 aliphatic rings. The second-order valence-corrected chi connectivity index (χ2v) is 4.95. The monoisotopic (exact) mass is 229 g/mol. The van der Waals surface area contributed by atoms with E-state index in [2.05, 4.69) is 5.10 Å². The van der Waals surface area contributed by atoms with E-state index >= 15 is 0 Å². The van der Waals surface area contributed by atoms with Crippen molar-refractivity contribution in [3.63, 3.8) is 0 Å². The van der Waals surface area contributed by atoms with Gasteiger partial charge in [0.1, 0.15) is 16.4 Å². The number of rotatable bonds is 2. The molecule has 0 atom stereocenters. The van der Waals surface area contributed by atoms with Gasteiger partial charge in [-0.2, -0.15) is 5.10 Å². The summed E-state index contributed by atoms with van der Waals surface area (Å²) in [6, 6.07) is 0. The summed E-state index contributed by atoms with van der Waals surface area (Å²) in [6.45, 7) is 5.77. The minimum absolute atomic E-state index is 0.0948. The lowest BCUT2D eigenvalue weighted by molar-refractivity contribution is 0.0694. The number of aromatic nitrogens is 2. The molecule has 0 unspecified atom stereocenters. The highest BCUT2D eigenvalue weighted by Crippen LogP contribution is 2.28. The van der Waals surface area contributed by atoms with Gasteiger partial charge in [-0.3, -0.25) is 0 Å². The second kappa shape index (κ2) is 3.77. The van der Waals surface area contributed by atoms with Crippen molar-refractivity contribution in [3.05, 3.63) is 5.56 Å². The van der Waals surface area contributed by atoms with Gasteiger partial charge in [-0.15, -0.1) is 11.8 Å². The zero-order valence-electron chi connectivity index (χ0n) is 9.24. The van der Waals surface area contributed by atoms with Crippen LogP contribution in [0.3, 0.4) is 0 Å². The first-order valence-corrected chi connectivity index (χ1v) is 5.67. The molecule has 0 saturated heterocycles. The van der Waals surface area contributed by atoms with Crippen molar-refractivity contribution in [2.75, 3.05) is 12.0 Å². The van der Waals surface area contributed by atoms with Crippen LogP contribution in [0.4, 0.5) is 5.82 Å². The molecule has 6 heteroatoms. The molecule has 0 fully saturated rings. The van der Waals surface area contributed by atoms with Crippen LogP contribution in [0.1, 0.15) is 31.1 Å². The number of hydrogen-bond acceptors (Lipinski definition) is 4. The van der Waals surface area contributed by atoms with Gasteiger partial charge in [-0.25, -0.2) is 9.48 Å². The molecule has 84 valence electrons. The molecule has 0 aliphatic heterocycles. The summed E-state index contributed by atoms with van der Waals surface area (Å²) in [4.78, 5) is 11.0. The minimum atomic E-state index is -1.03. The molecule has 15 heavy (non-hydrogen) atoms. The molecular formula is C9H15N3O2S. The van der Waals surface area contributed by atoms with Crippen LogP contribution in [0.2, 0.25) is 0 Å². The lowest BCUT2D eigenvalue weighted by Crippen LogP contribution is -2.25. The number of nitrogens with two attached hydrogens (primary N) is 1. The molecule has 0 bridgehead atoms. The highest BCUT2D eigenvalue weighted by Gasteiger charge is 2.26. The number of nitrogen functional groups attached to an aromatic ring is 1. The fourth-order valence-corrected chi connectivity index (χ4v) is 1.82. The Bertz CT molecular complexity index is 393. The predicted octanol–water partition coefficient (Wildman–Crippen LogP) is 1.64. The highest BCUT2D eigenvalue weighted by molar-refractivity contribution is 7.98. The summed E-state index contributed by atoms with van der Waals surface area (Å²) in [5, 5.41) is 13.7. The van der Waals surface area contributed by atoms with Gasteiger partial charge in [0.25, 0.3) is 0 Å². The Labute approximate surface area is 92.6 Å². The van der Waals surface area contributed by atoms with E-state index in [0.29, 0.717) is 5.03 Å². The molecule has 1 rings (SSSR count). The predicted molar refractivity (Wildman–Crippen MR) is 60.4 cm³/mol. The molecule has 0 aromatic carbocycles. The van der Waals surface area contributed by atoms with Crippen molar-refractivity contribution in [2.24, 2.45) is 0 Å². The number of carboxylic acid groups (broad SMARTS) is 1. The van der Waals surface area contributed by atoms with Crippen LogP contribution in [-0.2, 0) is 5.54 Å². The molecule has 3 N–H and O–H groups in total. The smallest absolute Gasteiger partial charge is 0.342 e. The van der Waals surface area contributed by atoms with E-state index in [-0.39, 0.29) is 16.9 Å². The molecule has 0 amide bonds. The van der Waals surface area contributed by atoms with Gasteiger partial charge in [-0.05, 0) is 27.0 Å². The number of aromatic carboxylic acids is 1. The first-order chi connectivity index (χ1) is 6.79. The zero-order chi connectivity index (χ0) is 11.8. The number of thioether (sulfide) groups is 1. The Hall–Kier alpha value is -1.17. The van der Waals surface area contributed by atoms with Crippen molar-refractivity contribution in [1.29, 1.82) is 0 Å². The third-order valence-electron chi connectivity index (χ3n) is 1.93. The molecule has 1 aromatic heterocycles. The Morgan fingerprint density at radius 1 is 1.53 bits per heavy atom. The largest absolute Gasteiger partial charge is 0.477 e. The van der Waals surface area contributed by atoms with Gasteiger partial charge in [0.15, 0.2) is 0 Å². The standard InChI is InChI=1S/C9H15N3O2S/c1-9(2,3)12-6(10)5(8(13)14)7(11-12)15-4/h10H2,1-4H3,(H,13,14). The first kappa shape index (κ1) is 11.9. The fourth-order valence-electron chi connectivity index (χ4n) is 1.27. The topological polar surface area (TPSA) is 81.1 Å². The summed E-state index contributed by atoms with van der Waals surface area (Å²) in [7, 11) is 0. The van der Waals surface area contributed by atoms with Gasteiger partial charge >= 0.3 is 5.97 Å². The van der Waals surface area contributed by atoms with Crippen molar-refractivity contribution in [2.45, 2.75) is 31.3 Å². The maximum absolute atomic E-state index is 11.0. The van der Waals surface area contributed by atoms with Crippen LogP contribution in [-0.4, -0.2) is 27.1 Å². The Kier molecular flexibility index (Phi) is 2.99. The fraction of sp³-hybridized carbons (Fsp3) is 0.556. The summed E-state index contributed by atoms with van der Waals surface area (Å²) in [6.07, 6.45) is 1.78. The Balaban J connectivity index is 3.41. The Morgan fingerprint density at radius 3 is 2.33 bits per heavy atom. The van der Waals surface area contributed by atoms with Gasteiger partial charge < -0.3 is 10.8 Å². The third-order valence-corrected chi connectivity index (χ3v) is 2.60.